The number of primary amides is 1. The summed E-state index contributed by atoms with van der Waals surface area (Å²) in [5.41, 5.74) is 3.29. The third-order valence-corrected chi connectivity index (χ3v) is 10.4. The summed E-state index contributed by atoms with van der Waals surface area (Å²) < 4.78 is 51.5. The molecule has 1 aliphatic heterocycles. The number of amides is 3. The molecule has 15 heteroatoms. The normalized spacial score (nSPS) is 21.8. The Balaban J connectivity index is 1.34. The molecule has 3 aliphatic rings. The minimum absolute atomic E-state index is 0.0382. The molecule has 3 fully saturated rings. The first kappa shape index (κ1) is 37.3. The molecule has 0 aromatic heterocycles. The van der Waals surface area contributed by atoms with Gasteiger partial charge in [-0.1, -0.05) is 18.9 Å². The van der Waals surface area contributed by atoms with Crippen molar-refractivity contribution in [3.8, 4) is 0 Å². The molecule has 1 unspecified atom stereocenters. The van der Waals surface area contributed by atoms with E-state index in [1.807, 2.05) is 0 Å². The summed E-state index contributed by atoms with van der Waals surface area (Å²) in [6, 6.07) is 2.61. The van der Waals surface area contributed by atoms with Gasteiger partial charge in [-0.2, -0.15) is 4.72 Å². The highest BCUT2D eigenvalue weighted by molar-refractivity contribution is 7.90. The van der Waals surface area contributed by atoms with E-state index in [0.717, 1.165) is 25.0 Å². The number of halogens is 1. The first-order valence-corrected chi connectivity index (χ1v) is 18.0. The zero-order chi connectivity index (χ0) is 35.3. The van der Waals surface area contributed by atoms with Gasteiger partial charge >= 0.3 is 12.1 Å². The molecule has 5 N–H and O–H groups in total. The van der Waals surface area contributed by atoms with Crippen LogP contribution in [0.4, 0.5) is 9.18 Å². The maximum absolute atomic E-state index is 13.8. The molecular weight excluding hydrogens is 647 g/mol. The third-order valence-electron chi connectivity index (χ3n) is 8.42. The number of esters is 1. The van der Waals surface area contributed by atoms with Crippen LogP contribution in [0.15, 0.2) is 36.4 Å². The summed E-state index contributed by atoms with van der Waals surface area (Å²) in [4.78, 5) is 52.7. The molecule has 1 heterocycles. The number of hydrogen-bond donors (Lipinski definition) is 4. The zero-order valence-corrected chi connectivity index (χ0v) is 28.5. The SMILES string of the molecule is CC(C)(C)OC(=O)N[C@@H](CCCCC/C=C\C(O)(NS(=O)(=O)C1CC1)C1CC1)C(=O)N1C[C@H](OC(=O)c2ccc(F)cc2)C[C@H]1C(N)=O. The number of ether oxygens (including phenoxy) is 2. The molecule has 13 nitrogen and oxygen atoms in total. The second kappa shape index (κ2) is 15.3. The van der Waals surface area contributed by atoms with Gasteiger partial charge < -0.3 is 30.5 Å². The number of alkyl carbamates (subject to hydrolysis) is 1. The lowest BCUT2D eigenvalue weighted by Gasteiger charge is -2.28. The summed E-state index contributed by atoms with van der Waals surface area (Å²) in [5, 5.41) is 13.2. The van der Waals surface area contributed by atoms with E-state index >= 15 is 0 Å². The molecule has 266 valence electrons. The highest BCUT2D eigenvalue weighted by atomic mass is 32.2. The Kier molecular flexibility index (Phi) is 11.9. The lowest BCUT2D eigenvalue weighted by molar-refractivity contribution is -0.139. The summed E-state index contributed by atoms with van der Waals surface area (Å²) >= 11 is 0. The standard InChI is InChI=1S/C33H47FN4O9S/c1-32(2,3)47-31(42)36-26(9-7-5-4-6-8-18-33(43,22-12-13-22)37-48(44,45)25-16-17-25)29(40)38-20-24(19-27(38)28(35)39)46-30(41)21-10-14-23(34)15-11-21/h8,10-11,14-15,18,22,24-27,37,43H,4-7,9,12-13,16-17,19-20H2,1-3H3,(H2,35,39)(H,36,42)/b18-8-/t24-,26+,27+,33?/m1/s1. The van der Waals surface area contributed by atoms with E-state index in [-0.39, 0.29) is 30.9 Å². The first-order valence-electron chi connectivity index (χ1n) is 16.5. The second-order valence-electron chi connectivity index (χ2n) is 13.9. The van der Waals surface area contributed by atoms with E-state index in [1.165, 1.54) is 23.1 Å². The van der Waals surface area contributed by atoms with Crippen LogP contribution in [-0.4, -0.2) is 83.6 Å². The summed E-state index contributed by atoms with van der Waals surface area (Å²) in [7, 11) is -3.58. The van der Waals surface area contributed by atoms with Gasteiger partial charge in [-0.3, -0.25) is 9.59 Å². The number of benzene rings is 1. The van der Waals surface area contributed by atoms with Crippen molar-refractivity contribution in [2.75, 3.05) is 6.54 Å². The number of sulfonamides is 1. The summed E-state index contributed by atoms with van der Waals surface area (Å²) in [6.07, 6.45) is 6.78. The topological polar surface area (TPSA) is 194 Å². The van der Waals surface area contributed by atoms with Crippen molar-refractivity contribution in [3.05, 3.63) is 47.8 Å². The molecule has 2 aliphatic carbocycles. The van der Waals surface area contributed by atoms with Gasteiger partial charge in [0.1, 0.15) is 29.6 Å². The number of carbonyl (C=O) groups is 4. The number of aliphatic hydroxyl groups is 1. The fraction of sp³-hybridized carbons (Fsp3) is 0.636. The average molecular weight is 695 g/mol. The molecule has 0 radical (unpaired) electrons. The lowest BCUT2D eigenvalue weighted by Crippen LogP contribution is -2.53. The second-order valence-corrected chi connectivity index (χ2v) is 15.8. The number of nitrogens with two attached hydrogens (primary N) is 1. The highest BCUT2D eigenvalue weighted by Gasteiger charge is 2.48. The Labute approximate surface area is 280 Å². The Morgan fingerprint density at radius 1 is 1.08 bits per heavy atom. The van der Waals surface area contributed by atoms with Crippen LogP contribution in [0.2, 0.25) is 0 Å². The first-order chi connectivity index (χ1) is 22.5. The van der Waals surface area contributed by atoms with Crippen LogP contribution in [0, 0.1) is 11.7 Å². The van der Waals surface area contributed by atoms with Crippen molar-refractivity contribution in [2.24, 2.45) is 11.7 Å². The van der Waals surface area contributed by atoms with Crippen molar-refractivity contribution in [1.29, 1.82) is 0 Å². The Morgan fingerprint density at radius 3 is 2.33 bits per heavy atom. The van der Waals surface area contributed by atoms with Gasteiger partial charge in [0.15, 0.2) is 5.72 Å². The number of nitrogens with zero attached hydrogens (tertiary/aromatic N) is 1. The average Bonchev–Trinajstić information content (AvgIpc) is 3.91. The van der Waals surface area contributed by atoms with Crippen molar-refractivity contribution in [2.45, 2.75) is 120 Å². The Morgan fingerprint density at radius 2 is 1.75 bits per heavy atom. The van der Waals surface area contributed by atoms with Gasteiger partial charge in [0.05, 0.1) is 17.4 Å². The fourth-order valence-corrected chi connectivity index (χ4v) is 7.24. The van der Waals surface area contributed by atoms with Crippen molar-refractivity contribution < 1.29 is 46.6 Å². The number of allylic oxidation sites excluding steroid dienone is 1. The minimum atomic E-state index is -3.58. The molecule has 4 rings (SSSR count). The van der Waals surface area contributed by atoms with Crippen LogP contribution in [0.25, 0.3) is 0 Å². The van der Waals surface area contributed by atoms with E-state index in [0.29, 0.717) is 38.5 Å². The number of rotatable bonds is 16. The van der Waals surface area contributed by atoms with Crippen LogP contribution in [0.1, 0.15) is 95.3 Å². The predicted octanol–water partition coefficient (Wildman–Crippen LogP) is 3.02. The van der Waals surface area contributed by atoms with E-state index in [2.05, 4.69) is 10.0 Å². The van der Waals surface area contributed by atoms with Gasteiger partial charge in [0, 0.05) is 12.3 Å². The van der Waals surface area contributed by atoms with Gasteiger partial charge in [0.2, 0.25) is 21.8 Å². The van der Waals surface area contributed by atoms with E-state index in [1.54, 1.807) is 26.8 Å². The quantitative estimate of drug-likeness (QED) is 0.0871. The van der Waals surface area contributed by atoms with E-state index < -0.39 is 74.5 Å². The molecular formula is C33H47FN4O9S. The molecule has 1 saturated heterocycles. The third kappa shape index (κ3) is 10.7. The molecule has 3 amide bonds. The molecule has 0 spiro atoms. The molecule has 0 bridgehead atoms. The van der Waals surface area contributed by atoms with Crippen LogP contribution in [0.5, 0.6) is 0 Å². The summed E-state index contributed by atoms with van der Waals surface area (Å²) in [5.74, 6) is -2.80. The fourth-order valence-electron chi connectivity index (χ4n) is 5.63. The number of nitrogens with one attached hydrogen (secondary N) is 2. The maximum Gasteiger partial charge on any atom is 0.408 e. The zero-order valence-electron chi connectivity index (χ0n) is 27.7. The number of hydrogen-bond acceptors (Lipinski definition) is 9. The van der Waals surface area contributed by atoms with Gasteiger partial charge in [-0.25, -0.2) is 22.4 Å². The molecule has 1 aromatic rings. The summed E-state index contributed by atoms with van der Waals surface area (Å²) in [6.45, 7) is 4.91. The Bertz CT molecular complexity index is 1470. The smallest absolute Gasteiger partial charge is 0.408 e. The van der Waals surface area contributed by atoms with Crippen LogP contribution in [0.3, 0.4) is 0 Å². The van der Waals surface area contributed by atoms with Crippen molar-refractivity contribution in [3.63, 3.8) is 0 Å². The minimum Gasteiger partial charge on any atom is -0.457 e. The van der Waals surface area contributed by atoms with Crippen LogP contribution < -0.4 is 15.8 Å². The lowest BCUT2D eigenvalue weighted by atomic mass is 10.0. The monoisotopic (exact) mass is 694 g/mol. The number of unbranched alkanes of at least 4 members (excludes halogenated alkanes) is 3. The Hall–Kier alpha value is -3.56. The number of likely N-dealkylation sites (tertiary alicyclic amines) is 1. The van der Waals surface area contributed by atoms with E-state index in [4.69, 9.17) is 15.2 Å². The van der Waals surface area contributed by atoms with Crippen molar-refractivity contribution >= 4 is 33.9 Å². The molecule has 1 aromatic carbocycles. The molecule has 48 heavy (non-hydrogen) atoms. The predicted molar refractivity (Wildman–Crippen MR) is 173 cm³/mol. The highest BCUT2D eigenvalue weighted by Crippen LogP contribution is 2.41. The maximum atomic E-state index is 13.8. The number of carbonyl (C=O) groups excluding carboxylic acids is 4. The van der Waals surface area contributed by atoms with Crippen LogP contribution in [-0.2, 0) is 29.1 Å². The van der Waals surface area contributed by atoms with Crippen LogP contribution >= 0.6 is 0 Å². The largest absolute Gasteiger partial charge is 0.457 e. The van der Waals surface area contributed by atoms with Gasteiger partial charge in [0.25, 0.3) is 0 Å². The van der Waals surface area contributed by atoms with Crippen molar-refractivity contribution in [1.82, 2.24) is 14.9 Å². The van der Waals surface area contributed by atoms with E-state index in [9.17, 15) is 37.1 Å². The van der Waals surface area contributed by atoms with Gasteiger partial charge in [-0.05, 0) is 96.1 Å². The molecule has 4 atom stereocenters. The van der Waals surface area contributed by atoms with Gasteiger partial charge in [-0.15, -0.1) is 0 Å². The molecule has 2 saturated carbocycles.